The van der Waals surface area contributed by atoms with E-state index >= 15 is 0 Å². The number of benzene rings is 1. The Kier molecular flexibility index (Phi) is 9.20. The number of carbonyl (C=O) groups excluding carboxylic acids is 1. The molecule has 2 rings (SSSR count). The number of amides is 1. The first-order valence-electron chi connectivity index (χ1n) is 9.81. The number of rotatable bonds is 11. The number of hydrogen-bond donors (Lipinski definition) is 1. The predicted molar refractivity (Wildman–Crippen MR) is 105 cm³/mol. The van der Waals surface area contributed by atoms with Gasteiger partial charge in [-0.25, -0.2) is 0 Å². The molecule has 0 aliphatic heterocycles. The molecule has 0 aromatic heterocycles. The van der Waals surface area contributed by atoms with Crippen LogP contribution >= 0.6 is 0 Å². The highest BCUT2D eigenvalue weighted by Crippen LogP contribution is 2.30. The van der Waals surface area contributed by atoms with Crippen LogP contribution in [-0.4, -0.2) is 44.2 Å². The van der Waals surface area contributed by atoms with Gasteiger partial charge in [0.1, 0.15) is 0 Å². The molecule has 156 valence electrons. The SMILES string of the molecule is CCOc1cc(CN(C)CC(=O)NCCC2=CCCCC2)ccc1OC(F)F. The Bertz CT molecular complexity index is 665. The number of allylic oxidation sites excluding steroid dienone is 1. The Balaban J connectivity index is 1.80. The minimum Gasteiger partial charge on any atom is -0.490 e. The van der Waals surface area contributed by atoms with E-state index in [4.69, 9.17) is 4.74 Å². The van der Waals surface area contributed by atoms with Crippen molar-refractivity contribution in [1.82, 2.24) is 10.2 Å². The van der Waals surface area contributed by atoms with Gasteiger partial charge >= 0.3 is 6.61 Å². The van der Waals surface area contributed by atoms with E-state index in [2.05, 4.69) is 16.1 Å². The zero-order valence-electron chi connectivity index (χ0n) is 16.7. The van der Waals surface area contributed by atoms with Crippen LogP contribution in [0.5, 0.6) is 11.5 Å². The monoisotopic (exact) mass is 396 g/mol. The van der Waals surface area contributed by atoms with Gasteiger partial charge in [-0.1, -0.05) is 17.7 Å². The van der Waals surface area contributed by atoms with E-state index in [1.807, 2.05) is 11.9 Å². The van der Waals surface area contributed by atoms with Crippen LogP contribution in [0.3, 0.4) is 0 Å². The molecule has 0 unspecified atom stereocenters. The van der Waals surface area contributed by atoms with E-state index in [0.717, 1.165) is 24.8 Å². The van der Waals surface area contributed by atoms with Crippen molar-refractivity contribution in [3.05, 3.63) is 35.4 Å². The van der Waals surface area contributed by atoms with Crippen LogP contribution < -0.4 is 14.8 Å². The van der Waals surface area contributed by atoms with Gasteiger partial charge in [0, 0.05) is 13.1 Å². The van der Waals surface area contributed by atoms with E-state index in [-0.39, 0.29) is 24.0 Å². The summed E-state index contributed by atoms with van der Waals surface area (Å²) in [5.41, 5.74) is 2.29. The number of nitrogens with one attached hydrogen (secondary N) is 1. The summed E-state index contributed by atoms with van der Waals surface area (Å²) >= 11 is 0. The largest absolute Gasteiger partial charge is 0.490 e. The fraction of sp³-hybridized carbons (Fsp3) is 0.571. The molecular weight excluding hydrogens is 366 g/mol. The summed E-state index contributed by atoms with van der Waals surface area (Å²) in [4.78, 5) is 14.0. The first kappa shape index (κ1) is 22.1. The standard InChI is InChI=1S/C21H30F2N2O3/c1-3-27-19-13-17(9-10-18(19)28-21(22)23)14-25(2)15-20(26)24-12-11-16-7-5-4-6-8-16/h7,9-10,13,21H,3-6,8,11-12,14-15H2,1-2H3,(H,24,26). The van der Waals surface area contributed by atoms with Gasteiger partial charge in [0.2, 0.25) is 5.91 Å². The van der Waals surface area contributed by atoms with Crippen LogP contribution in [0.4, 0.5) is 8.78 Å². The first-order chi connectivity index (χ1) is 13.5. The third kappa shape index (κ3) is 7.84. The predicted octanol–water partition coefficient (Wildman–Crippen LogP) is 4.13. The van der Waals surface area contributed by atoms with Crippen LogP contribution in [0.15, 0.2) is 29.8 Å². The molecule has 1 aromatic rings. The highest BCUT2D eigenvalue weighted by Gasteiger charge is 2.13. The van der Waals surface area contributed by atoms with E-state index in [1.165, 1.54) is 24.5 Å². The molecule has 5 nitrogen and oxygen atoms in total. The second-order valence-corrected chi connectivity index (χ2v) is 6.97. The van der Waals surface area contributed by atoms with Crippen molar-refractivity contribution in [3.8, 4) is 11.5 Å². The number of halogens is 2. The van der Waals surface area contributed by atoms with Crippen LogP contribution in [-0.2, 0) is 11.3 Å². The second-order valence-electron chi connectivity index (χ2n) is 6.97. The zero-order chi connectivity index (χ0) is 20.4. The molecule has 1 aromatic carbocycles. The summed E-state index contributed by atoms with van der Waals surface area (Å²) in [5, 5.41) is 2.96. The topological polar surface area (TPSA) is 50.8 Å². The number of alkyl halides is 2. The average Bonchev–Trinajstić information content (AvgIpc) is 2.64. The van der Waals surface area contributed by atoms with Crippen molar-refractivity contribution in [1.29, 1.82) is 0 Å². The number of ether oxygens (including phenoxy) is 2. The van der Waals surface area contributed by atoms with E-state index in [9.17, 15) is 13.6 Å². The summed E-state index contributed by atoms with van der Waals surface area (Å²) in [7, 11) is 1.84. The summed E-state index contributed by atoms with van der Waals surface area (Å²) in [5.74, 6) is 0.263. The summed E-state index contributed by atoms with van der Waals surface area (Å²) < 4.78 is 34.8. The minimum atomic E-state index is -2.90. The molecule has 1 aliphatic rings. The molecule has 0 bridgehead atoms. The quantitative estimate of drug-likeness (QED) is 0.572. The second kappa shape index (κ2) is 11.6. The first-order valence-corrected chi connectivity index (χ1v) is 9.81. The molecular formula is C21H30F2N2O3. The lowest BCUT2D eigenvalue weighted by atomic mass is 9.97. The molecule has 0 atom stereocenters. The minimum absolute atomic E-state index is 0.0120. The maximum Gasteiger partial charge on any atom is 0.387 e. The maximum absolute atomic E-state index is 12.5. The lowest BCUT2D eigenvalue weighted by Crippen LogP contribution is -2.35. The van der Waals surface area contributed by atoms with Crippen molar-refractivity contribution in [2.45, 2.75) is 52.2 Å². The maximum atomic E-state index is 12.5. The fourth-order valence-corrected chi connectivity index (χ4v) is 3.28. The fourth-order valence-electron chi connectivity index (χ4n) is 3.28. The van der Waals surface area contributed by atoms with Crippen molar-refractivity contribution in [2.75, 3.05) is 26.7 Å². The Morgan fingerprint density at radius 2 is 2.11 bits per heavy atom. The summed E-state index contributed by atoms with van der Waals surface area (Å²) in [6.45, 7) is 0.635. The molecule has 0 saturated heterocycles. The third-order valence-electron chi connectivity index (χ3n) is 4.54. The van der Waals surface area contributed by atoms with Gasteiger partial charge in [-0.3, -0.25) is 9.69 Å². The van der Waals surface area contributed by atoms with Gasteiger partial charge in [0.15, 0.2) is 11.5 Å². The Labute approximate surface area is 165 Å². The average molecular weight is 396 g/mol. The van der Waals surface area contributed by atoms with Gasteiger partial charge < -0.3 is 14.8 Å². The molecule has 0 heterocycles. The van der Waals surface area contributed by atoms with Gasteiger partial charge in [0.25, 0.3) is 0 Å². The molecule has 1 N–H and O–H groups in total. The number of nitrogens with zero attached hydrogens (tertiary/aromatic N) is 1. The Hall–Kier alpha value is -2.15. The normalized spacial score (nSPS) is 14.1. The number of hydrogen-bond acceptors (Lipinski definition) is 4. The highest BCUT2D eigenvalue weighted by molar-refractivity contribution is 5.77. The van der Waals surface area contributed by atoms with Crippen LogP contribution in [0.25, 0.3) is 0 Å². The van der Waals surface area contributed by atoms with Crippen LogP contribution in [0, 0.1) is 0 Å². The highest BCUT2D eigenvalue weighted by atomic mass is 19.3. The van der Waals surface area contributed by atoms with E-state index in [1.54, 1.807) is 19.1 Å². The van der Waals surface area contributed by atoms with Gasteiger partial charge in [-0.2, -0.15) is 8.78 Å². The smallest absolute Gasteiger partial charge is 0.387 e. The van der Waals surface area contributed by atoms with Gasteiger partial charge in [0.05, 0.1) is 13.2 Å². The van der Waals surface area contributed by atoms with Crippen molar-refractivity contribution >= 4 is 5.91 Å². The zero-order valence-corrected chi connectivity index (χ0v) is 16.7. The molecule has 0 radical (unpaired) electrons. The van der Waals surface area contributed by atoms with Crippen LogP contribution in [0.2, 0.25) is 0 Å². The van der Waals surface area contributed by atoms with Crippen molar-refractivity contribution < 1.29 is 23.0 Å². The van der Waals surface area contributed by atoms with Crippen molar-refractivity contribution in [2.24, 2.45) is 0 Å². The molecule has 0 saturated carbocycles. The molecule has 0 spiro atoms. The van der Waals surface area contributed by atoms with Gasteiger partial charge in [-0.15, -0.1) is 0 Å². The van der Waals surface area contributed by atoms with Crippen molar-refractivity contribution in [3.63, 3.8) is 0 Å². The number of carbonyl (C=O) groups is 1. The lowest BCUT2D eigenvalue weighted by molar-refractivity contribution is -0.122. The molecule has 1 aliphatic carbocycles. The molecule has 7 heteroatoms. The Morgan fingerprint density at radius 3 is 2.79 bits per heavy atom. The molecule has 28 heavy (non-hydrogen) atoms. The van der Waals surface area contributed by atoms with E-state index < -0.39 is 6.61 Å². The number of likely N-dealkylation sites (N-methyl/N-ethyl adjacent to an activating group) is 1. The summed E-state index contributed by atoms with van der Waals surface area (Å²) in [6.07, 6.45) is 8.01. The Morgan fingerprint density at radius 1 is 1.29 bits per heavy atom. The lowest BCUT2D eigenvalue weighted by Gasteiger charge is -2.18. The van der Waals surface area contributed by atoms with Gasteiger partial charge in [-0.05, 0) is 63.8 Å². The molecule has 1 amide bonds. The summed E-state index contributed by atoms with van der Waals surface area (Å²) in [6, 6.07) is 4.84. The van der Waals surface area contributed by atoms with Crippen LogP contribution in [0.1, 0.15) is 44.6 Å². The third-order valence-corrected chi connectivity index (χ3v) is 4.54. The molecule has 0 fully saturated rings. The van der Waals surface area contributed by atoms with E-state index in [0.29, 0.717) is 19.7 Å².